The maximum absolute atomic E-state index is 11.4. The van der Waals surface area contributed by atoms with Crippen LogP contribution in [0.15, 0.2) is 18.2 Å². The molecule has 0 spiro atoms. The van der Waals surface area contributed by atoms with Crippen molar-refractivity contribution in [3.05, 3.63) is 34.9 Å². The first-order chi connectivity index (χ1) is 7.33. The highest BCUT2D eigenvalue weighted by molar-refractivity contribution is 5.98. The van der Waals surface area contributed by atoms with Crippen LogP contribution in [0.25, 0.3) is 0 Å². The smallest absolute Gasteiger partial charge is 0.251 e. The highest BCUT2D eigenvalue weighted by Crippen LogP contribution is 2.18. The van der Waals surface area contributed by atoms with Gasteiger partial charge in [-0.2, -0.15) is 0 Å². The number of benzene rings is 1. The molecule has 15 heavy (non-hydrogen) atoms. The van der Waals surface area contributed by atoms with E-state index in [0.29, 0.717) is 13.1 Å². The summed E-state index contributed by atoms with van der Waals surface area (Å²) in [5.74, 6) is 6.06. The Kier molecular flexibility index (Phi) is 2.70. The van der Waals surface area contributed by atoms with Gasteiger partial charge >= 0.3 is 0 Å². The van der Waals surface area contributed by atoms with Gasteiger partial charge in [0.2, 0.25) is 0 Å². The molecule has 0 bridgehead atoms. The minimum absolute atomic E-state index is 0.00210. The standard InChI is InChI=1S/C12H12N2O/c1-13-7-3-5-9-4-2-6-10-11(9)8-14-12(10)15/h2,4,6,13H,7-8H2,1H3,(H,14,15). The van der Waals surface area contributed by atoms with Crippen LogP contribution in [0.2, 0.25) is 0 Å². The zero-order chi connectivity index (χ0) is 10.7. The predicted octanol–water partition coefficient (Wildman–Crippen LogP) is 0.501. The maximum atomic E-state index is 11.4. The molecular weight excluding hydrogens is 188 g/mol. The highest BCUT2D eigenvalue weighted by atomic mass is 16.1. The van der Waals surface area contributed by atoms with Gasteiger partial charge in [-0.3, -0.25) is 4.79 Å². The van der Waals surface area contributed by atoms with E-state index in [9.17, 15) is 4.79 Å². The summed E-state index contributed by atoms with van der Waals surface area (Å²) in [4.78, 5) is 11.4. The van der Waals surface area contributed by atoms with Gasteiger partial charge in [0.25, 0.3) is 5.91 Å². The van der Waals surface area contributed by atoms with Crippen LogP contribution in [-0.2, 0) is 6.54 Å². The SMILES string of the molecule is CNCC#Cc1cccc2c1CNC2=O. The Morgan fingerprint density at radius 2 is 2.40 bits per heavy atom. The van der Waals surface area contributed by atoms with Crippen LogP contribution in [0.5, 0.6) is 0 Å². The third-order valence-electron chi connectivity index (χ3n) is 2.33. The van der Waals surface area contributed by atoms with Crippen molar-refractivity contribution in [1.82, 2.24) is 10.6 Å². The lowest BCUT2D eigenvalue weighted by molar-refractivity contribution is 0.0966. The van der Waals surface area contributed by atoms with Crippen LogP contribution in [0.3, 0.4) is 0 Å². The van der Waals surface area contributed by atoms with E-state index in [-0.39, 0.29) is 5.91 Å². The zero-order valence-electron chi connectivity index (χ0n) is 8.55. The summed E-state index contributed by atoms with van der Waals surface area (Å²) >= 11 is 0. The fourth-order valence-electron chi connectivity index (χ4n) is 1.60. The van der Waals surface area contributed by atoms with Gasteiger partial charge in [0.15, 0.2) is 0 Å². The van der Waals surface area contributed by atoms with E-state index >= 15 is 0 Å². The fourth-order valence-corrected chi connectivity index (χ4v) is 1.60. The summed E-state index contributed by atoms with van der Waals surface area (Å²) in [5.41, 5.74) is 2.72. The molecule has 0 unspecified atom stereocenters. The third-order valence-corrected chi connectivity index (χ3v) is 2.33. The summed E-state index contributed by atoms with van der Waals surface area (Å²) in [6.45, 7) is 1.25. The van der Waals surface area contributed by atoms with E-state index in [2.05, 4.69) is 22.5 Å². The van der Waals surface area contributed by atoms with Gasteiger partial charge in [-0.05, 0) is 24.7 Å². The predicted molar refractivity (Wildman–Crippen MR) is 58.4 cm³/mol. The molecule has 2 N–H and O–H groups in total. The molecule has 2 rings (SSSR count). The minimum atomic E-state index is 0.00210. The molecule has 1 amide bonds. The van der Waals surface area contributed by atoms with Gasteiger partial charge in [-0.25, -0.2) is 0 Å². The Bertz CT molecular complexity index is 454. The second-order valence-electron chi connectivity index (χ2n) is 3.35. The minimum Gasteiger partial charge on any atom is -0.348 e. The number of hydrogen-bond acceptors (Lipinski definition) is 2. The van der Waals surface area contributed by atoms with E-state index in [1.165, 1.54) is 0 Å². The molecule has 76 valence electrons. The molecule has 1 aliphatic rings. The Morgan fingerprint density at radius 3 is 3.20 bits per heavy atom. The number of carbonyl (C=O) groups is 1. The van der Waals surface area contributed by atoms with E-state index in [0.717, 1.165) is 16.7 Å². The van der Waals surface area contributed by atoms with Crippen LogP contribution in [-0.4, -0.2) is 19.5 Å². The Morgan fingerprint density at radius 1 is 1.53 bits per heavy atom. The van der Waals surface area contributed by atoms with Crippen molar-refractivity contribution in [2.24, 2.45) is 0 Å². The summed E-state index contributed by atoms with van der Waals surface area (Å²) in [6.07, 6.45) is 0. The lowest BCUT2D eigenvalue weighted by Gasteiger charge is -1.98. The number of fused-ring (bicyclic) bond motifs is 1. The maximum Gasteiger partial charge on any atom is 0.251 e. The average molecular weight is 200 g/mol. The Balaban J connectivity index is 2.35. The van der Waals surface area contributed by atoms with Gasteiger partial charge in [-0.1, -0.05) is 17.9 Å². The lowest BCUT2D eigenvalue weighted by Crippen LogP contribution is -2.12. The van der Waals surface area contributed by atoms with Crippen LogP contribution in [0.1, 0.15) is 21.5 Å². The number of hydrogen-bond donors (Lipinski definition) is 2. The summed E-state index contributed by atoms with van der Waals surface area (Å²) in [6, 6.07) is 5.65. The summed E-state index contributed by atoms with van der Waals surface area (Å²) in [7, 11) is 1.86. The number of amides is 1. The van der Waals surface area contributed by atoms with Crippen LogP contribution < -0.4 is 10.6 Å². The van der Waals surface area contributed by atoms with Crippen molar-refractivity contribution in [2.75, 3.05) is 13.6 Å². The van der Waals surface area contributed by atoms with Crippen molar-refractivity contribution in [3.63, 3.8) is 0 Å². The van der Waals surface area contributed by atoms with Crippen molar-refractivity contribution < 1.29 is 4.79 Å². The van der Waals surface area contributed by atoms with Crippen molar-refractivity contribution in [3.8, 4) is 11.8 Å². The number of rotatable bonds is 1. The first-order valence-corrected chi connectivity index (χ1v) is 4.86. The van der Waals surface area contributed by atoms with Gasteiger partial charge in [0.05, 0.1) is 6.54 Å². The first-order valence-electron chi connectivity index (χ1n) is 4.86. The zero-order valence-corrected chi connectivity index (χ0v) is 8.55. The molecule has 3 nitrogen and oxygen atoms in total. The Hall–Kier alpha value is -1.79. The molecule has 0 aliphatic carbocycles. The molecule has 1 aromatic rings. The largest absolute Gasteiger partial charge is 0.348 e. The van der Waals surface area contributed by atoms with E-state index in [1.807, 2.05) is 25.2 Å². The van der Waals surface area contributed by atoms with E-state index < -0.39 is 0 Å². The molecule has 1 heterocycles. The molecule has 0 saturated heterocycles. The summed E-state index contributed by atoms with van der Waals surface area (Å²) < 4.78 is 0. The molecule has 0 fully saturated rings. The molecule has 0 radical (unpaired) electrons. The second-order valence-corrected chi connectivity index (χ2v) is 3.35. The van der Waals surface area contributed by atoms with E-state index in [4.69, 9.17) is 0 Å². The second kappa shape index (κ2) is 4.16. The number of carbonyl (C=O) groups excluding carboxylic acids is 1. The fraction of sp³-hybridized carbons (Fsp3) is 0.250. The number of nitrogens with one attached hydrogen (secondary N) is 2. The van der Waals surface area contributed by atoms with Gasteiger partial charge in [0, 0.05) is 17.7 Å². The monoisotopic (exact) mass is 200 g/mol. The quantitative estimate of drug-likeness (QED) is 0.648. The summed E-state index contributed by atoms with van der Waals surface area (Å²) in [5, 5.41) is 5.75. The Labute approximate surface area is 88.9 Å². The van der Waals surface area contributed by atoms with Crippen molar-refractivity contribution >= 4 is 5.91 Å². The molecule has 1 aromatic carbocycles. The van der Waals surface area contributed by atoms with Crippen LogP contribution >= 0.6 is 0 Å². The first kappa shape index (κ1) is 9.75. The molecule has 0 aromatic heterocycles. The molecule has 1 aliphatic heterocycles. The van der Waals surface area contributed by atoms with Gasteiger partial charge in [-0.15, -0.1) is 0 Å². The molecule has 0 atom stereocenters. The van der Waals surface area contributed by atoms with Crippen molar-refractivity contribution in [1.29, 1.82) is 0 Å². The molecule has 0 saturated carbocycles. The lowest BCUT2D eigenvalue weighted by atomic mass is 10.0. The van der Waals surface area contributed by atoms with Crippen LogP contribution in [0.4, 0.5) is 0 Å². The topological polar surface area (TPSA) is 41.1 Å². The van der Waals surface area contributed by atoms with Gasteiger partial charge < -0.3 is 10.6 Å². The van der Waals surface area contributed by atoms with Crippen molar-refractivity contribution in [2.45, 2.75) is 6.54 Å². The molecule has 3 heteroatoms. The van der Waals surface area contributed by atoms with Gasteiger partial charge in [0.1, 0.15) is 0 Å². The normalized spacial score (nSPS) is 12.7. The highest BCUT2D eigenvalue weighted by Gasteiger charge is 2.20. The van der Waals surface area contributed by atoms with Crippen LogP contribution in [0, 0.1) is 11.8 Å². The average Bonchev–Trinajstić information content (AvgIpc) is 2.62. The molecular formula is C12H12N2O. The van der Waals surface area contributed by atoms with E-state index in [1.54, 1.807) is 0 Å². The third kappa shape index (κ3) is 1.85.